The third-order valence-electron chi connectivity index (χ3n) is 4.39. The van der Waals surface area contributed by atoms with Gasteiger partial charge in [0.2, 0.25) is 10.1 Å². The number of nitrogens with zero attached hydrogens (tertiary/aromatic N) is 5. The monoisotopic (exact) mass is 410 g/mol. The molecule has 1 aliphatic heterocycles. The van der Waals surface area contributed by atoms with Gasteiger partial charge in [-0.15, -0.1) is 10.2 Å². The number of carbonyl (C=O) groups is 1. The van der Waals surface area contributed by atoms with Gasteiger partial charge in [0.1, 0.15) is 0 Å². The van der Waals surface area contributed by atoms with Crippen LogP contribution in [0.2, 0.25) is 0 Å². The van der Waals surface area contributed by atoms with Gasteiger partial charge in [-0.3, -0.25) is 9.59 Å². The van der Waals surface area contributed by atoms with Crippen molar-refractivity contribution in [3.63, 3.8) is 0 Å². The molecule has 1 aromatic carbocycles. The number of alkyl halides is 3. The quantitative estimate of drug-likeness (QED) is 0.692. The number of aromatic amines is 1. The van der Waals surface area contributed by atoms with E-state index in [1.807, 2.05) is 0 Å². The second-order valence-electron chi connectivity index (χ2n) is 6.11. The zero-order valence-corrected chi connectivity index (χ0v) is 15.0. The Morgan fingerprint density at radius 3 is 2.39 bits per heavy atom. The van der Waals surface area contributed by atoms with E-state index in [1.165, 1.54) is 0 Å². The van der Waals surface area contributed by atoms with Gasteiger partial charge in [0.15, 0.2) is 5.69 Å². The molecule has 12 heteroatoms. The lowest BCUT2D eigenvalue weighted by atomic mass is 10.1. The van der Waals surface area contributed by atoms with Gasteiger partial charge in [-0.05, 0) is 6.07 Å². The van der Waals surface area contributed by atoms with Crippen molar-refractivity contribution >= 4 is 33.1 Å². The predicted molar refractivity (Wildman–Crippen MR) is 95.4 cm³/mol. The maximum Gasteiger partial charge on any atom is 0.445 e. The Morgan fingerprint density at radius 2 is 1.75 bits per heavy atom. The van der Waals surface area contributed by atoms with Crippen LogP contribution < -0.4 is 10.5 Å². The van der Waals surface area contributed by atoms with Gasteiger partial charge in [0.05, 0.1) is 5.39 Å². The van der Waals surface area contributed by atoms with Crippen LogP contribution in [0.4, 0.5) is 18.3 Å². The first-order valence-corrected chi connectivity index (χ1v) is 9.08. The van der Waals surface area contributed by atoms with E-state index in [1.54, 1.807) is 34.1 Å². The van der Waals surface area contributed by atoms with Gasteiger partial charge in [-0.25, -0.2) is 5.10 Å². The Bertz CT molecular complexity index is 1090. The van der Waals surface area contributed by atoms with Crippen LogP contribution in [0.5, 0.6) is 0 Å². The van der Waals surface area contributed by atoms with Gasteiger partial charge in [-0.2, -0.15) is 18.3 Å². The summed E-state index contributed by atoms with van der Waals surface area (Å²) in [4.78, 5) is 27.9. The highest BCUT2D eigenvalue weighted by Crippen LogP contribution is 2.34. The number of hydrogen-bond donors (Lipinski definition) is 1. The minimum atomic E-state index is -4.52. The number of anilines is 1. The molecule has 1 saturated heterocycles. The molecule has 146 valence electrons. The van der Waals surface area contributed by atoms with Crippen LogP contribution >= 0.6 is 11.3 Å². The molecule has 0 aliphatic carbocycles. The fourth-order valence-electron chi connectivity index (χ4n) is 2.99. The summed E-state index contributed by atoms with van der Waals surface area (Å²) in [5.41, 5.74) is -0.243. The SMILES string of the molecule is O=C(c1n[nH]c(=O)c2ccccc12)N1CCN(c2nnc(C(F)(F)F)s2)CC1. The lowest BCUT2D eigenvalue weighted by Crippen LogP contribution is -2.49. The van der Waals surface area contributed by atoms with Crippen molar-refractivity contribution in [2.45, 2.75) is 6.18 Å². The number of amides is 1. The average molecular weight is 410 g/mol. The number of nitrogens with one attached hydrogen (secondary N) is 1. The first kappa shape index (κ1) is 18.3. The molecule has 2 aromatic heterocycles. The zero-order chi connectivity index (χ0) is 19.9. The van der Waals surface area contributed by atoms with E-state index >= 15 is 0 Å². The van der Waals surface area contributed by atoms with E-state index in [4.69, 9.17) is 0 Å². The van der Waals surface area contributed by atoms with Crippen molar-refractivity contribution in [3.05, 3.63) is 45.3 Å². The van der Waals surface area contributed by atoms with Gasteiger partial charge < -0.3 is 9.80 Å². The smallest absolute Gasteiger partial charge is 0.343 e. The summed E-state index contributed by atoms with van der Waals surface area (Å²) < 4.78 is 38.1. The molecule has 0 spiro atoms. The van der Waals surface area contributed by atoms with Crippen molar-refractivity contribution in [1.29, 1.82) is 0 Å². The normalized spacial score (nSPS) is 15.2. The maximum atomic E-state index is 12.9. The van der Waals surface area contributed by atoms with Crippen molar-refractivity contribution in [2.24, 2.45) is 0 Å². The molecule has 3 heterocycles. The van der Waals surface area contributed by atoms with Crippen LogP contribution in [-0.4, -0.2) is 57.4 Å². The van der Waals surface area contributed by atoms with Crippen LogP contribution in [0.1, 0.15) is 15.5 Å². The van der Waals surface area contributed by atoms with E-state index in [-0.39, 0.29) is 35.4 Å². The Hall–Kier alpha value is -3.02. The van der Waals surface area contributed by atoms with Crippen LogP contribution in [0.15, 0.2) is 29.1 Å². The molecule has 1 aliphatic rings. The number of carbonyl (C=O) groups excluding carboxylic acids is 1. The Labute approximate surface area is 159 Å². The predicted octanol–water partition coefficient (Wildman–Crippen LogP) is 1.76. The van der Waals surface area contributed by atoms with Crippen LogP contribution in [0.25, 0.3) is 10.8 Å². The summed E-state index contributed by atoms with van der Waals surface area (Å²) in [6.07, 6.45) is -4.52. The highest BCUT2D eigenvalue weighted by Gasteiger charge is 2.36. The van der Waals surface area contributed by atoms with Crippen molar-refractivity contribution in [2.75, 3.05) is 31.1 Å². The summed E-state index contributed by atoms with van der Waals surface area (Å²) in [6.45, 7) is 1.21. The summed E-state index contributed by atoms with van der Waals surface area (Å²) in [5.74, 6) is -0.347. The van der Waals surface area contributed by atoms with E-state index < -0.39 is 11.2 Å². The molecule has 28 heavy (non-hydrogen) atoms. The molecule has 1 amide bonds. The van der Waals surface area contributed by atoms with E-state index in [0.717, 1.165) is 0 Å². The first-order chi connectivity index (χ1) is 13.3. The van der Waals surface area contributed by atoms with Crippen molar-refractivity contribution in [3.8, 4) is 0 Å². The molecular formula is C16H13F3N6O2S. The number of benzene rings is 1. The molecule has 0 radical (unpaired) electrons. The molecule has 0 saturated carbocycles. The van der Waals surface area contributed by atoms with Gasteiger partial charge >= 0.3 is 6.18 Å². The summed E-state index contributed by atoms with van der Waals surface area (Å²) >= 11 is 0.479. The molecule has 4 rings (SSSR count). The first-order valence-electron chi connectivity index (χ1n) is 8.27. The number of halogens is 3. The van der Waals surface area contributed by atoms with E-state index in [0.29, 0.717) is 35.2 Å². The maximum absolute atomic E-state index is 12.9. The van der Waals surface area contributed by atoms with Crippen molar-refractivity contribution < 1.29 is 18.0 Å². The van der Waals surface area contributed by atoms with Crippen molar-refractivity contribution in [1.82, 2.24) is 25.3 Å². The highest BCUT2D eigenvalue weighted by atomic mass is 32.1. The zero-order valence-electron chi connectivity index (χ0n) is 14.2. The van der Waals surface area contributed by atoms with Crippen LogP contribution in [-0.2, 0) is 6.18 Å². The third-order valence-corrected chi connectivity index (χ3v) is 5.42. The summed E-state index contributed by atoms with van der Waals surface area (Å²) in [5, 5.41) is 13.0. The summed E-state index contributed by atoms with van der Waals surface area (Å²) in [6, 6.07) is 6.67. The average Bonchev–Trinajstić information content (AvgIpc) is 3.19. The molecule has 0 unspecified atom stereocenters. The van der Waals surface area contributed by atoms with Crippen LogP contribution in [0, 0.1) is 0 Å². The lowest BCUT2D eigenvalue weighted by molar-refractivity contribution is -0.138. The van der Waals surface area contributed by atoms with Gasteiger partial charge in [0, 0.05) is 31.6 Å². The van der Waals surface area contributed by atoms with Gasteiger partial charge in [-0.1, -0.05) is 29.5 Å². The number of H-pyrrole nitrogens is 1. The third kappa shape index (κ3) is 3.30. The molecule has 3 aromatic rings. The molecule has 1 fully saturated rings. The molecule has 0 atom stereocenters. The second-order valence-corrected chi connectivity index (χ2v) is 7.07. The molecule has 0 bridgehead atoms. The number of piperazine rings is 1. The molecule has 1 N–H and O–H groups in total. The Balaban J connectivity index is 1.50. The Kier molecular flexibility index (Phi) is 4.49. The minimum absolute atomic E-state index is 0.138. The topological polar surface area (TPSA) is 95.1 Å². The molecule has 8 nitrogen and oxygen atoms in total. The van der Waals surface area contributed by atoms with E-state index in [9.17, 15) is 22.8 Å². The number of fused-ring (bicyclic) bond motifs is 1. The number of hydrogen-bond acceptors (Lipinski definition) is 7. The second kappa shape index (κ2) is 6.86. The lowest BCUT2D eigenvalue weighted by Gasteiger charge is -2.34. The fourth-order valence-corrected chi connectivity index (χ4v) is 3.75. The Morgan fingerprint density at radius 1 is 1.07 bits per heavy atom. The largest absolute Gasteiger partial charge is 0.445 e. The number of rotatable bonds is 2. The highest BCUT2D eigenvalue weighted by molar-refractivity contribution is 7.15. The fraction of sp³-hybridized carbons (Fsp3) is 0.312. The number of aromatic nitrogens is 4. The van der Waals surface area contributed by atoms with Gasteiger partial charge in [0.25, 0.3) is 11.5 Å². The standard InChI is InChI=1S/C16H13F3N6O2S/c17-16(18,19)14-22-23-15(28-14)25-7-5-24(6-8-25)13(27)11-9-3-1-2-4-10(9)12(26)21-20-11/h1-4H,5-8H2,(H,21,26). The summed E-state index contributed by atoms with van der Waals surface area (Å²) in [7, 11) is 0. The molecular weight excluding hydrogens is 397 g/mol. The minimum Gasteiger partial charge on any atom is -0.343 e. The van der Waals surface area contributed by atoms with Crippen LogP contribution in [0.3, 0.4) is 0 Å². The van der Waals surface area contributed by atoms with E-state index in [2.05, 4.69) is 20.4 Å².